The number of nitrogens with zero attached hydrogens (tertiary/aromatic N) is 3. The van der Waals surface area contributed by atoms with Crippen LogP contribution in [-0.4, -0.2) is 105 Å². The Balaban J connectivity index is 0.790. The number of unbranched alkanes of at least 4 members (excludes halogenated alkanes) is 1. The minimum Gasteiger partial charge on any atom is -0.506 e. The predicted octanol–water partition coefficient (Wildman–Crippen LogP) is 9.63. The van der Waals surface area contributed by atoms with E-state index >= 15 is 0 Å². The average Bonchev–Trinajstić information content (AvgIpc) is 3.30. The summed E-state index contributed by atoms with van der Waals surface area (Å²) in [5.74, 6) is 0.0768. The number of fused-ring (bicyclic) bond motifs is 1. The zero-order valence-electron chi connectivity index (χ0n) is 40.6. The molecule has 0 unspecified atom stereocenters. The van der Waals surface area contributed by atoms with Gasteiger partial charge in [-0.25, -0.2) is 4.79 Å². The highest BCUT2D eigenvalue weighted by molar-refractivity contribution is 6.74. The van der Waals surface area contributed by atoms with E-state index in [1.165, 1.54) is 0 Å². The Hall–Kier alpha value is -5.74. The number of aromatic hydroxyl groups is 1. The third-order valence-electron chi connectivity index (χ3n) is 14.6. The SMILES string of the molecule is CN(CCCCC(=O)Nc1ccc(CNC[C@H](O[Si](C)(C)C(C)(C)C)c2ccc(O)c3c2OCC(=O)N3)cc1)C(=O)CCN1CCC2(CC1)CC(N(C(=O)O)c1ccccc1-c1ccccc1)C2. The fourth-order valence-electron chi connectivity index (χ4n) is 9.44. The summed E-state index contributed by atoms with van der Waals surface area (Å²) in [5, 5.41) is 30.0. The molecule has 15 heteroatoms. The number of amides is 4. The molecule has 1 spiro atoms. The highest BCUT2D eigenvalue weighted by Gasteiger charge is 2.49. The van der Waals surface area contributed by atoms with E-state index in [1.807, 2.05) is 85.9 Å². The number of piperidine rings is 1. The molecule has 0 radical (unpaired) electrons. The molecule has 1 atom stereocenters. The van der Waals surface area contributed by atoms with Gasteiger partial charge in [0.2, 0.25) is 11.8 Å². The number of ether oxygens (including phenoxy) is 1. The van der Waals surface area contributed by atoms with Gasteiger partial charge < -0.3 is 45.1 Å². The first-order chi connectivity index (χ1) is 32.4. The number of anilines is 3. The number of benzene rings is 4. The Labute approximate surface area is 402 Å². The van der Waals surface area contributed by atoms with E-state index in [1.54, 1.807) is 21.9 Å². The van der Waals surface area contributed by atoms with Gasteiger partial charge in [-0.15, -0.1) is 0 Å². The summed E-state index contributed by atoms with van der Waals surface area (Å²) < 4.78 is 12.7. The first-order valence-electron chi connectivity index (χ1n) is 24.1. The number of para-hydroxylation sites is 1. The third kappa shape index (κ3) is 12.3. The van der Waals surface area contributed by atoms with E-state index in [2.05, 4.69) is 54.7 Å². The molecule has 0 aromatic heterocycles. The lowest BCUT2D eigenvalue weighted by Gasteiger charge is -2.54. The van der Waals surface area contributed by atoms with Crippen LogP contribution < -0.4 is 25.6 Å². The molecule has 68 heavy (non-hydrogen) atoms. The lowest BCUT2D eigenvalue weighted by molar-refractivity contribution is -0.130. The Morgan fingerprint density at radius 2 is 1.63 bits per heavy atom. The maximum atomic E-state index is 13.1. The fourth-order valence-corrected chi connectivity index (χ4v) is 10.7. The predicted molar refractivity (Wildman–Crippen MR) is 270 cm³/mol. The molecule has 2 aliphatic heterocycles. The van der Waals surface area contributed by atoms with Crippen LogP contribution in [0.3, 0.4) is 0 Å². The Morgan fingerprint density at radius 3 is 2.32 bits per heavy atom. The highest BCUT2D eigenvalue weighted by Crippen LogP contribution is 2.52. The molecule has 4 amide bonds. The number of hydrogen-bond donors (Lipinski definition) is 5. The van der Waals surface area contributed by atoms with Crippen LogP contribution in [0, 0.1) is 5.41 Å². The molecule has 4 aromatic carbocycles. The standard InChI is InChI=1S/C53H70N6O8Si/c1-52(2,3)68(5,6)67-45(42-23-24-44(60)49-50(42)66-36-47(62)56-49)35-54-34-37-19-21-39(22-20-37)55-46(61)18-12-13-28-57(4)48(63)25-29-58-30-26-53(27-31-58)32-40(33-53)59(51(64)65)43-17-11-10-16-41(43)38-14-8-7-9-15-38/h7-11,14-17,19-24,40,45,54,60H,12-13,18,25-36H2,1-6H3,(H,55,61)(H,56,62)(H,64,65)/t45-/m0/s1. The number of likely N-dealkylation sites (tertiary alicyclic amines) is 1. The first kappa shape index (κ1) is 50.1. The van der Waals surface area contributed by atoms with Gasteiger partial charge in [-0.1, -0.05) is 81.4 Å². The van der Waals surface area contributed by atoms with Gasteiger partial charge in [0.1, 0.15) is 11.4 Å². The van der Waals surface area contributed by atoms with E-state index < -0.39 is 20.5 Å². The molecule has 1 aliphatic carbocycles. The third-order valence-corrected chi connectivity index (χ3v) is 19.0. The molecule has 364 valence electrons. The number of carbonyl (C=O) groups is 4. The topological polar surface area (TPSA) is 173 Å². The maximum absolute atomic E-state index is 13.1. The van der Waals surface area contributed by atoms with E-state index in [0.717, 1.165) is 73.1 Å². The zero-order chi connectivity index (χ0) is 48.6. The number of carbonyl (C=O) groups excluding carboxylic acids is 3. The summed E-state index contributed by atoms with van der Waals surface area (Å²) in [5.41, 5.74) is 5.57. The van der Waals surface area contributed by atoms with Gasteiger partial charge in [0.25, 0.3) is 5.91 Å². The van der Waals surface area contributed by atoms with Crippen LogP contribution in [0.5, 0.6) is 11.5 Å². The van der Waals surface area contributed by atoms with Crippen LogP contribution in [-0.2, 0) is 25.4 Å². The first-order valence-corrected chi connectivity index (χ1v) is 27.0. The summed E-state index contributed by atoms with van der Waals surface area (Å²) in [6.45, 7) is 14.9. The summed E-state index contributed by atoms with van der Waals surface area (Å²) in [6, 6.07) is 28.7. The van der Waals surface area contributed by atoms with Crippen LogP contribution >= 0.6 is 0 Å². The normalized spacial score (nSPS) is 16.5. The van der Waals surface area contributed by atoms with Crippen LogP contribution in [0.4, 0.5) is 21.9 Å². The number of phenols is 1. The number of carboxylic acid groups (broad SMARTS) is 1. The second kappa shape index (κ2) is 21.7. The van der Waals surface area contributed by atoms with Crippen molar-refractivity contribution in [2.45, 2.75) is 109 Å². The van der Waals surface area contributed by atoms with Crippen LogP contribution in [0.2, 0.25) is 18.1 Å². The number of hydrogen-bond acceptors (Lipinski definition) is 9. The lowest BCUT2D eigenvalue weighted by atomic mass is 9.60. The molecule has 3 aliphatic rings. The Kier molecular flexibility index (Phi) is 16.0. The summed E-state index contributed by atoms with van der Waals surface area (Å²) in [6.07, 6.45) is 4.59. The molecule has 1 saturated carbocycles. The van der Waals surface area contributed by atoms with Gasteiger partial charge in [0.05, 0.1) is 11.8 Å². The van der Waals surface area contributed by atoms with Crippen molar-refractivity contribution in [2.24, 2.45) is 5.41 Å². The van der Waals surface area contributed by atoms with Crippen molar-refractivity contribution in [3.8, 4) is 22.6 Å². The zero-order valence-corrected chi connectivity index (χ0v) is 41.6. The minimum absolute atomic E-state index is 0.0500. The van der Waals surface area contributed by atoms with Crippen molar-refractivity contribution in [1.82, 2.24) is 15.1 Å². The van der Waals surface area contributed by atoms with E-state index in [-0.39, 0.29) is 52.3 Å². The molecular formula is C53H70N6O8Si. The number of rotatable bonds is 19. The molecule has 14 nitrogen and oxygen atoms in total. The Morgan fingerprint density at radius 1 is 0.941 bits per heavy atom. The molecule has 2 fully saturated rings. The van der Waals surface area contributed by atoms with Gasteiger partial charge in [0.15, 0.2) is 20.7 Å². The molecule has 0 bridgehead atoms. The van der Waals surface area contributed by atoms with Gasteiger partial charge in [-0.05, 0) is 117 Å². The highest BCUT2D eigenvalue weighted by atomic mass is 28.4. The van der Waals surface area contributed by atoms with Gasteiger partial charge in [-0.3, -0.25) is 19.3 Å². The monoisotopic (exact) mass is 947 g/mol. The number of nitrogens with one attached hydrogen (secondary N) is 3. The second-order valence-corrected chi connectivity index (χ2v) is 25.2. The molecule has 1 saturated heterocycles. The van der Waals surface area contributed by atoms with Crippen molar-refractivity contribution in [3.63, 3.8) is 0 Å². The van der Waals surface area contributed by atoms with Gasteiger partial charge >= 0.3 is 6.09 Å². The van der Waals surface area contributed by atoms with E-state index in [4.69, 9.17) is 9.16 Å². The largest absolute Gasteiger partial charge is 0.506 e. The Bertz CT molecular complexity index is 2390. The van der Waals surface area contributed by atoms with Gasteiger partial charge in [-0.2, -0.15) is 0 Å². The van der Waals surface area contributed by atoms with Gasteiger partial charge in [0, 0.05) is 68.9 Å². The molecule has 2 heterocycles. The van der Waals surface area contributed by atoms with Crippen LogP contribution in [0.15, 0.2) is 91.0 Å². The molecular weight excluding hydrogens is 877 g/mol. The summed E-state index contributed by atoms with van der Waals surface area (Å²) in [7, 11) is -0.416. The number of phenolic OH excluding ortho intramolecular Hbond substituents is 1. The van der Waals surface area contributed by atoms with Crippen LogP contribution in [0.25, 0.3) is 11.1 Å². The molecule has 7 rings (SSSR count). The van der Waals surface area contributed by atoms with Crippen molar-refractivity contribution < 1.29 is 38.6 Å². The summed E-state index contributed by atoms with van der Waals surface area (Å²) in [4.78, 5) is 56.3. The minimum atomic E-state index is -2.25. The fraction of sp³-hybridized carbons (Fsp3) is 0.472. The maximum Gasteiger partial charge on any atom is 0.412 e. The second-order valence-electron chi connectivity index (χ2n) is 20.4. The van der Waals surface area contributed by atoms with Crippen LogP contribution in [0.1, 0.15) is 89.4 Å². The smallest absolute Gasteiger partial charge is 0.412 e. The van der Waals surface area contributed by atoms with Crippen molar-refractivity contribution in [3.05, 3.63) is 102 Å². The molecule has 5 N–H and O–H groups in total. The quantitative estimate of drug-likeness (QED) is 0.0346. The van der Waals surface area contributed by atoms with E-state index in [9.17, 15) is 29.4 Å². The van der Waals surface area contributed by atoms with E-state index in [0.29, 0.717) is 56.9 Å². The van der Waals surface area contributed by atoms with Crippen molar-refractivity contribution in [2.75, 3.05) is 61.9 Å². The average molecular weight is 947 g/mol. The lowest BCUT2D eigenvalue weighted by Crippen LogP contribution is -2.56. The molecule has 4 aromatic rings. The summed E-state index contributed by atoms with van der Waals surface area (Å²) >= 11 is 0. The van der Waals surface area contributed by atoms with Crippen molar-refractivity contribution in [1.29, 1.82) is 0 Å². The van der Waals surface area contributed by atoms with Crippen molar-refractivity contribution >= 4 is 49.2 Å².